The van der Waals surface area contributed by atoms with Gasteiger partial charge in [-0.2, -0.15) is 13.2 Å². The van der Waals surface area contributed by atoms with Gasteiger partial charge in [-0.05, 0) is 41.6 Å². The third-order valence-corrected chi connectivity index (χ3v) is 5.27. The van der Waals surface area contributed by atoms with Gasteiger partial charge in [-0.1, -0.05) is 5.11 Å². The first-order chi connectivity index (χ1) is 11.7. The molecule has 0 aliphatic carbocycles. The average molecular weight is 389 g/mol. The van der Waals surface area contributed by atoms with E-state index in [1.807, 2.05) is 0 Å². The second-order valence-corrected chi connectivity index (χ2v) is 7.77. The van der Waals surface area contributed by atoms with Gasteiger partial charge < -0.3 is 0 Å². The molecule has 0 atom stereocenters. The maximum absolute atomic E-state index is 12.4. The molecule has 2 aromatic rings. The molecular formula is C13H10F3N5O2S2. The quantitative estimate of drug-likeness (QED) is 0.323. The van der Waals surface area contributed by atoms with E-state index in [9.17, 15) is 21.6 Å². The first kappa shape index (κ1) is 19.0. The van der Waals surface area contributed by atoms with Gasteiger partial charge in [-0.15, -0.1) is 0 Å². The first-order valence-electron chi connectivity index (χ1n) is 6.64. The minimum atomic E-state index is -4.44. The highest BCUT2D eigenvalue weighted by molar-refractivity contribution is 8.00. The molecule has 2 heterocycles. The van der Waals surface area contributed by atoms with Crippen LogP contribution in [0.15, 0.2) is 51.6 Å². The Kier molecular flexibility index (Phi) is 5.88. The lowest BCUT2D eigenvalue weighted by atomic mass is 10.2. The molecule has 0 spiro atoms. The van der Waals surface area contributed by atoms with E-state index in [0.29, 0.717) is 0 Å². The zero-order valence-corrected chi connectivity index (χ0v) is 14.0. The normalized spacial score (nSPS) is 11.8. The number of hydrogen-bond acceptors (Lipinski definition) is 6. The van der Waals surface area contributed by atoms with Crippen molar-refractivity contribution < 1.29 is 21.6 Å². The predicted octanol–water partition coefficient (Wildman–Crippen LogP) is 3.84. The Morgan fingerprint density at radius 1 is 1.24 bits per heavy atom. The standard InChI is InChI=1S/C13H10F3N5O2S2/c14-13(15,16)24-9-3-4-10(19-8-9)12-11(2-1-5-18-12)25(22,23)7-6-20-21-17/h1-5,8H,6-7H2. The largest absolute Gasteiger partial charge is 0.446 e. The molecule has 2 aromatic heterocycles. The molecule has 0 unspecified atom stereocenters. The molecule has 0 aliphatic rings. The van der Waals surface area contributed by atoms with Crippen LogP contribution in [0.2, 0.25) is 0 Å². The van der Waals surface area contributed by atoms with E-state index in [0.717, 1.165) is 6.20 Å². The van der Waals surface area contributed by atoms with Crippen LogP contribution in [0.4, 0.5) is 13.2 Å². The van der Waals surface area contributed by atoms with E-state index < -0.39 is 21.1 Å². The summed E-state index contributed by atoms with van der Waals surface area (Å²) in [6.45, 7) is -0.248. The van der Waals surface area contributed by atoms with Gasteiger partial charge >= 0.3 is 5.51 Å². The Balaban J connectivity index is 2.36. The number of azide groups is 1. The van der Waals surface area contributed by atoms with E-state index in [4.69, 9.17) is 5.53 Å². The minimum absolute atomic E-state index is 0.0204. The van der Waals surface area contributed by atoms with Gasteiger partial charge in [0.05, 0.1) is 16.3 Å². The summed E-state index contributed by atoms with van der Waals surface area (Å²) in [6, 6.07) is 5.18. The maximum Gasteiger partial charge on any atom is 0.446 e. The Bertz CT molecular complexity index is 895. The fourth-order valence-corrected chi connectivity index (χ4v) is 3.65. The van der Waals surface area contributed by atoms with Crippen molar-refractivity contribution in [3.63, 3.8) is 0 Å². The molecule has 2 rings (SSSR count). The lowest BCUT2D eigenvalue weighted by Crippen LogP contribution is -2.11. The van der Waals surface area contributed by atoms with Crippen molar-refractivity contribution in [1.29, 1.82) is 0 Å². The lowest BCUT2D eigenvalue weighted by Gasteiger charge is -2.09. The molecule has 0 saturated carbocycles. The van der Waals surface area contributed by atoms with Crippen LogP contribution in [-0.4, -0.2) is 36.2 Å². The van der Waals surface area contributed by atoms with E-state index in [2.05, 4.69) is 20.0 Å². The van der Waals surface area contributed by atoms with Crippen LogP contribution in [0.5, 0.6) is 0 Å². The lowest BCUT2D eigenvalue weighted by molar-refractivity contribution is -0.0328. The molecular weight excluding hydrogens is 379 g/mol. The molecule has 25 heavy (non-hydrogen) atoms. The fraction of sp³-hybridized carbons (Fsp3) is 0.231. The van der Waals surface area contributed by atoms with Crippen LogP contribution < -0.4 is 0 Å². The number of pyridine rings is 2. The number of hydrogen-bond donors (Lipinski definition) is 0. The highest BCUT2D eigenvalue weighted by Gasteiger charge is 2.29. The summed E-state index contributed by atoms with van der Waals surface area (Å²) in [5.41, 5.74) is 3.93. The van der Waals surface area contributed by atoms with Crippen LogP contribution in [0.1, 0.15) is 0 Å². The second kappa shape index (κ2) is 7.72. The summed E-state index contributed by atoms with van der Waals surface area (Å²) >= 11 is -0.320. The molecule has 0 fully saturated rings. The monoisotopic (exact) mass is 389 g/mol. The average Bonchev–Trinajstić information content (AvgIpc) is 2.54. The zero-order chi connectivity index (χ0) is 18.5. The van der Waals surface area contributed by atoms with Crippen molar-refractivity contribution in [2.45, 2.75) is 15.3 Å². The number of thioether (sulfide) groups is 1. The van der Waals surface area contributed by atoms with Gasteiger partial charge in [0.2, 0.25) is 0 Å². The third kappa shape index (κ3) is 5.34. The molecule has 0 bridgehead atoms. The van der Waals surface area contributed by atoms with Crippen LogP contribution in [-0.2, 0) is 9.84 Å². The smallest absolute Gasteiger partial charge is 0.253 e. The SMILES string of the molecule is [N-]=[N+]=NCCS(=O)(=O)c1cccnc1-c1ccc(SC(F)(F)F)cn1. The highest BCUT2D eigenvalue weighted by Crippen LogP contribution is 2.37. The van der Waals surface area contributed by atoms with Crippen molar-refractivity contribution in [3.8, 4) is 11.4 Å². The third-order valence-electron chi connectivity index (χ3n) is 2.84. The molecule has 12 heteroatoms. The number of alkyl halides is 3. The van der Waals surface area contributed by atoms with E-state index in [1.54, 1.807) is 0 Å². The van der Waals surface area contributed by atoms with E-state index >= 15 is 0 Å². The van der Waals surface area contributed by atoms with Crippen molar-refractivity contribution in [2.24, 2.45) is 5.11 Å². The van der Waals surface area contributed by atoms with Gasteiger partial charge in [0.15, 0.2) is 9.84 Å². The van der Waals surface area contributed by atoms with Gasteiger partial charge in [-0.25, -0.2) is 8.42 Å². The molecule has 132 valence electrons. The number of rotatable bonds is 6. The van der Waals surface area contributed by atoms with Gasteiger partial charge in [0.1, 0.15) is 5.69 Å². The highest BCUT2D eigenvalue weighted by atomic mass is 32.2. The van der Waals surface area contributed by atoms with Gasteiger partial charge in [0.25, 0.3) is 0 Å². The summed E-state index contributed by atoms with van der Waals surface area (Å²) < 4.78 is 61.7. The molecule has 0 saturated heterocycles. The Labute approximate surface area is 144 Å². The fourth-order valence-electron chi connectivity index (χ4n) is 1.86. The minimum Gasteiger partial charge on any atom is -0.253 e. The molecule has 0 N–H and O–H groups in total. The Morgan fingerprint density at radius 3 is 2.60 bits per heavy atom. The summed E-state index contributed by atoms with van der Waals surface area (Å²) in [7, 11) is -3.80. The van der Waals surface area contributed by atoms with Crippen LogP contribution in [0.25, 0.3) is 21.8 Å². The van der Waals surface area contributed by atoms with Crippen LogP contribution >= 0.6 is 11.8 Å². The van der Waals surface area contributed by atoms with Crippen molar-refractivity contribution in [3.05, 3.63) is 47.1 Å². The summed E-state index contributed by atoms with van der Waals surface area (Å²) in [6.07, 6.45) is 2.35. The van der Waals surface area contributed by atoms with Gasteiger partial charge in [0, 0.05) is 28.7 Å². The van der Waals surface area contributed by atoms with Gasteiger partial charge in [-0.3, -0.25) is 9.97 Å². The molecule has 0 amide bonds. The predicted molar refractivity (Wildman–Crippen MR) is 85.4 cm³/mol. The van der Waals surface area contributed by atoms with Crippen molar-refractivity contribution in [1.82, 2.24) is 9.97 Å². The second-order valence-electron chi connectivity index (χ2n) is 4.55. The molecule has 0 aromatic carbocycles. The van der Waals surface area contributed by atoms with Crippen molar-refractivity contribution in [2.75, 3.05) is 12.3 Å². The van der Waals surface area contributed by atoms with E-state index in [1.165, 1.54) is 30.5 Å². The maximum atomic E-state index is 12.4. The molecule has 0 aliphatic heterocycles. The summed E-state index contributed by atoms with van der Waals surface area (Å²) in [5.74, 6) is -0.419. The number of halogens is 3. The molecule has 7 nitrogen and oxygen atoms in total. The van der Waals surface area contributed by atoms with Crippen LogP contribution in [0, 0.1) is 0 Å². The summed E-state index contributed by atoms with van der Waals surface area (Å²) in [5, 5.41) is 3.19. The zero-order valence-electron chi connectivity index (χ0n) is 12.4. The number of nitrogens with zero attached hydrogens (tertiary/aromatic N) is 5. The summed E-state index contributed by atoms with van der Waals surface area (Å²) in [4.78, 5) is 10.1. The van der Waals surface area contributed by atoms with E-state index in [-0.39, 0.29) is 39.5 Å². The first-order valence-corrected chi connectivity index (χ1v) is 9.10. The molecule has 0 radical (unpaired) electrons. The Morgan fingerprint density at radius 2 is 2.00 bits per heavy atom. The van der Waals surface area contributed by atoms with Crippen LogP contribution in [0.3, 0.4) is 0 Å². The number of aromatic nitrogens is 2. The Hall–Kier alpha value is -2.30. The topological polar surface area (TPSA) is 109 Å². The number of sulfone groups is 1. The van der Waals surface area contributed by atoms with Crippen molar-refractivity contribution >= 4 is 21.6 Å².